The van der Waals surface area contributed by atoms with Crippen molar-refractivity contribution in [2.24, 2.45) is 0 Å². The van der Waals surface area contributed by atoms with Crippen molar-refractivity contribution < 1.29 is 20.1 Å². The first-order valence-corrected chi connectivity index (χ1v) is 3.79. The summed E-state index contributed by atoms with van der Waals surface area (Å²) in [6.07, 6.45) is 5.64. The van der Waals surface area contributed by atoms with E-state index in [2.05, 4.69) is 0 Å². The molecule has 3 N–H and O–H groups in total. The quantitative estimate of drug-likeness (QED) is 0.445. The van der Waals surface area contributed by atoms with Gasteiger partial charge in [0.25, 0.3) is 0 Å². The van der Waals surface area contributed by atoms with Gasteiger partial charge in [0, 0.05) is 0 Å². The second-order valence-corrected chi connectivity index (χ2v) is 2.61. The summed E-state index contributed by atoms with van der Waals surface area (Å²) in [5.41, 5.74) is 0.154. The van der Waals surface area contributed by atoms with E-state index in [0.717, 1.165) is 0 Å². The molecule has 4 heteroatoms. The molecule has 0 spiro atoms. The van der Waals surface area contributed by atoms with Crippen LogP contribution in [-0.2, 0) is 4.79 Å². The van der Waals surface area contributed by atoms with Crippen molar-refractivity contribution in [2.45, 2.75) is 6.42 Å². The van der Waals surface area contributed by atoms with Gasteiger partial charge in [-0.25, -0.2) is 4.79 Å². The maximum atomic E-state index is 10.5. The van der Waals surface area contributed by atoms with Gasteiger partial charge in [-0.05, 0) is 12.0 Å². The number of hydrogen-bond donors (Lipinski definition) is 3. The minimum absolute atomic E-state index is 0.333. The molecule has 0 fully saturated rings. The molecule has 0 unspecified atom stereocenters. The highest BCUT2D eigenvalue weighted by Gasteiger charge is 2.16. The van der Waals surface area contributed by atoms with E-state index in [1.54, 1.807) is 18.2 Å². The Morgan fingerprint density at radius 1 is 1.46 bits per heavy atom. The summed E-state index contributed by atoms with van der Waals surface area (Å²) < 4.78 is 0. The third kappa shape index (κ3) is 1.97. The molecule has 1 rings (SSSR count). The molecule has 0 heterocycles. The topological polar surface area (TPSA) is 77.8 Å². The van der Waals surface area contributed by atoms with E-state index >= 15 is 0 Å². The second-order valence-electron chi connectivity index (χ2n) is 2.61. The SMILES string of the molecule is O=C(O)C(CO)=C(O)C1=CC=CC1. The van der Waals surface area contributed by atoms with Crippen LogP contribution in [0.5, 0.6) is 0 Å². The van der Waals surface area contributed by atoms with Gasteiger partial charge in [0.15, 0.2) is 0 Å². The fraction of sp³-hybridized carbons (Fsp3) is 0.222. The number of allylic oxidation sites excluding steroid dienone is 4. The Kier molecular flexibility index (Phi) is 2.87. The van der Waals surface area contributed by atoms with Crippen LogP contribution in [-0.4, -0.2) is 27.9 Å². The van der Waals surface area contributed by atoms with Gasteiger partial charge in [-0.2, -0.15) is 0 Å². The smallest absolute Gasteiger partial charge is 0.337 e. The lowest BCUT2D eigenvalue weighted by molar-refractivity contribution is -0.133. The van der Waals surface area contributed by atoms with Gasteiger partial charge in [-0.15, -0.1) is 0 Å². The number of rotatable bonds is 3. The lowest BCUT2D eigenvalue weighted by Crippen LogP contribution is -2.09. The van der Waals surface area contributed by atoms with Crippen molar-refractivity contribution in [3.63, 3.8) is 0 Å². The van der Waals surface area contributed by atoms with Gasteiger partial charge in [-0.3, -0.25) is 0 Å². The highest BCUT2D eigenvalue weighted by Crippen LogP contribution is 2.20. The molecule has 0 aromatic rings. The third-order valence-electron chi connectivity index (χ3n) is 1.78. The Labute approximate surface area is 75.1 Å². The molecule has 0 aromatic carbocycles. The van der Waals surface area contributed by atoms with Crippen molar-refractivity contribution >= 4 is 5.97 Å². The first-order valence-electron chi connectivity index (χ1n) is 3.79. The van der Waals surface area contributed by atoms with Crippen LogP contribution in [0, 0.1) is 0 Å². The fourth-order valence-electron chi connectivity index (χ4n) is 1.06. The van der Waals surface area contributed by atoms with Crippen molar-refractivity contribution in [3.05, 3.63) is 35.1 Å². The monoisotopic (exact) mass is 182 g/mol. The molecule has 0 amide bonds. The van der Waals surface area contributed by atoms with Crippen LogP contribution in [0.15, 0.2) is 35.1 Å². The number of aliphatic hydroxyl groups is 2. The van der Waals surface area contributed by atoms with E-state index < -0.39 is 12.6 Å². The van der Waals surface area contributed by atoms with Crippen LogP contribution in [0.1, 0.15) is 6.42 Å². The Morgan fingerprint density at radius 3 is 2.54 bits per heavy atom. The van der Waals surface area contributed by atoms with Gasteiger partial charge in [0.1, 0.15) is 11.3 Å². The van der Waals surface area contributed by atoms with Crippen LogP contribution in [0.3, 0.4) is 0 Å². The predicted octanol–water partition coefficient (Wildman–Crippen LogP) is 0.762. The molecular weight excluding hydrogens is 172 g/mol. The minimum Gasteiger partial charge on any atom is -0.507 e. The van der Waals surface area contributed by atoms with Gasteiger partial charge in [0.05, 0.1) is 6.61 Å². The Hall–Kier alpha value is -1.55. The first-order chi connectivity index (χ1) is 6.16. The van der Waals surface area contributed by atoms with Gasteiger partial charge >= 0.3 is 5.97 Å². The van der Waals surface area contributed by atoms with Crippen LogP contribution in [0.2, 0.25) is 0 Å². The molecular formula is C9H10O4. The van der Waals surface area contributed by atoms with E-state index in [4.69, 9.17) is 10.2 Å². The Balaban J connectivity index is 2.94. The maximum Gasteiger partial charge on any atom is 0.337 e. The van der Waals surface area contributed by atoms with Crippen LogP contribution in [0.25, 0.3) is 0 Å². The number of aliphatic carboxylic acids is 1. The number of carbonyl (C=O) groups is 1. The summed E-state index contributed by atoms with van der Waals surface area (Å²) in [5.74, 6) is -1.63. The van der Waals surface area contributed by atoms with Crippen molar-refractivity contribution in [3.8, 4) is 0 Å². The van der Waals surface area contributed by atoms with Crippen molar-refractivity contribution in [2.75, 3.05) is 6.61 Å². The zero-order valence-electron chi connectivity index (χ0n) is 6.90. The summed E-state index contributed by atoms with van der Waals surface area (Å²) in [6.45, 7) is -0.668. The van der Waals surface area contributed by atoms with Crippen LogP contribution in [0.4, 0.5) is 0 Å². The van der Waals surface area contributed by atoms with Crippen molar-refractivity contribution in [1.29, 1.82) is 0 Å². The standard InChI is InChI=1S/C9H10O4/c10-5-7(9(12)13)8(11)6-3-1-2-4-6/h1-3,10-11H,4-5H2,(H,12,13). The maximum absolute atomic E-state index is 10.5. The van der Waals surface area contributed by atoms with Gasteiger partial charge < -0.3 is 15.3 Å². The zero-order chi connectivity index (χ0) is 9.84. The fourth-order valence-corrected chi connectivity index (χ4v) is 1.06. The molecule has 0 saturated heterocycles. The normalized spacial score (nSPS) is 16.8. The predicted molar refractivity (Wildman–Crippen MR) is 46.2 cm³/mol. The highest BCUT2D eigenvalue weighted by molar-refractivity contribution is 5.88. The second kappa shape index (κ2) is 3.91. The largest absolute Gasteiger partial charge is 0.507 e. The highest BCUT2D eigenvalue weighted by atomic mass is 16.4. The van der Waals surface area contributed by atoms with E-state index in [0.29, 0.717) is 12.0 Å². The first kappa shape index (κ1) is 9.54. The van der Waals surface area contributed by atoms with E-state index in [1.165, 1.54) is 0 Å². The molecule has 0 aliphatic heterocycles. The molecule has 1 aliphatic rings. The number of carboxylic acid groups (broad SMARTS) is 1. The van der Waals surface area contributed by atoms with E-state index in [9.17, 15) is 9.90 Å². The lowest BCUT2D eigenvalue weighted by Gasteiger charge is -2.04. The molecule has 0 saturated carbocycles. The minimum atomic E-state index is -1.30. The lowest BCUT2D eigenvalue weighted by atomic mass is 10.1. The van der Waals surface area contributed by atoms with Crippen LogP contribution < -0.4 is 0 Å². The van der Waals surface area contributed by atoms with Crippen molar-refractivity contribution in [1.82, 2.24) is 0 Å². The average Bonchev–Trinajstić information content (AvgIpc) is 2.56. The van der Waals surface area contributed by atoms with E-state index in [1.807, 2.05) is 0 Å². The molecule has 0 bridgehead atoms. The molecule has 4 nitrogen and oxygen atoms in total. The molecule has 13 heavy (non-hydrogen) atoms. The summed E-state index contributed by atoms with van der Waals surface area (Å²) >= 11 is 0. The van der Waals surface area contributed by atoms with Gasteiger partial charge in [0.2, 0.25) is 0 Å². The van der Waals surface area contributed by atoms with E-state index in [-0.39, 0.29) is 11.3 Å². The average molecular weight is 182 g/mol. The van der Waals surface area contributed by atoms with Crippen LogP contribution >= 0.6 is 0 Å². The molecule has 0 atom stereocenters. The number of aliphatic hydroxyl groups excluding tert-OH is 2. The third-order valence-corrected chi connectivity index (χ3v) is 1.78. The summed E-state index contributed by atoms with van der Waals surface area (Å²) in [4.78, 5) is 10.5. The molecule has 70 valence electrons. The summed E-state index contributed by atoms with van der Waals surface area (Å²) in [7, 11) is 0. The molecule has 0 aromatic heterocycles. The molecule has 1 aliphatic carbocycles. The Morgan fingerprint density at radius 2 is 2.15 bits per heavy atom. The Bertz CT molecular complexity index is 310. The van der Waals surface area contributed by atoms with Gasteiger partial charge in [-0.1, -0.05) is 18.2 Å². The zero-order valence-corrected chi connectivity index (χ0v) is 6.90. The molecule has 0 radical (unpaired) electrons. The number of carboxylic acids is 1. The summed E-state index contributed by atoms with van der Waals surface area (Å²) in [5, 5.41) is 26.7. The summed E-state index contributed by atoms with van der Waals surface area (Å²) in [6, 6.07) is 0. The number of hydrogen-bond acceptors (Lipinski definition) is 3.